The summed E-state index contributed by atoms with van der Waals surface area (Å²) in [5, 5.41) is 0. The topological polar surface area (TPSA) is 31.2 Å². The normalized spacial score (nSPS) is 10.4. The number of hydrogen-bond donors (Lipinski definition) is 0. The fourth-order valence-electron chi connectivity index (χ4n) is 1.11. The molecular weight excluding hydrogens is 234 g/mol. The molecule has 0 amide bonds. The van der Waals surface area contributed by atoms with Crippen molar-refractivity contribution < 1.29 is 4.74 Å². The highest BCUT2D eigenvalue weighted by molar-refractivity contribution is 9.10. The zero-order valence-corrected chi connectivity index (χ0v) is 9.30. The van der Waals surface area contributed by atoms with Gasteiger partial charge >= 0.3 is 0 Å². The van der Waals surface area contributed by atoms with E-state index in [-0.39, 0.29) is 5.56 Å². The van der Waals surface area contributed by atoms with Gasteiger partial charge in [-0.2, -0.15) is 0 Å². The summed E-state index contributed by atoms with van der Waals surface area (Å²) in [5.41, 5.74) is 0.947. The maximum Gasteiger partial charge on any atom is 0.250 e. The van der Waals surface area contributed by atoms with Crippen LogP contribution in [0.15, 0.2) is 21.4 Å². The molecule has 1 aromatic rings. The zero-order valence-electron chi connectivity index (χ0n) is 7.71. The molecule has 0 saturated carbocycles. The number of ether oxygens (including phenoxy) is 1. The second kappa shape index (κ2) is 4.58. The molecule has 3 nitrogen and oxygen atoms in total. The highest BCUT2D eigenvalue weighted by Crippen LogP contribution is 2.12. The van der Waals surface area contributed by atoms with Crippen molar-refractivity contribution in [3.05, 3.63) is 32.7 Å². The minimum absolute atomic E-state index is 0.0118. The van der Waals surface area contributed by atoms with Crippen LogP contribution in [0.5, 0.6) is 0 Å². The van der Waals surface area contributed by atoms with E-state index < -0.39 is 0 Å². The van der Waals surface area contributed by atoms with Crippen molar-refractivity contribution >= 4 is 15.9 Å². The van der Waals surface area contributed by atoms with E-state index in [4.69, 9.17) is 4.74 Å². The summed E-state index contributed by atoms with van der Waals surface area (Å²) in [7, 11) is 1.62. The third-order valence-corrected chi connectivity index (χ3v) is 2.75. The summed E-state index contributed by atoms with van der Waals surface area (Å²) >= 11 is 3.37. The average molecular weight is 246 g/mol. The predicted octanol–water partition coefficient (Wildman–Crippen LogP) is 1.57. The third kappa shape index (κ3) is 2.42. The number of aromatic nitrogens is 1. The fraction of sp³-hybridized carbons (Fsp3) is 0.444. The van der Waals surface area contributed by atoms with E-state index >= 15 is 0 Å². The first-order valence-electron chi connectivity index (χ1n) is 4.01. The molecule has 0 aliphatic rings. The Bertz CT molecular complexity index is 346. The van der Waals surface area contributed by atoms with Gasteiger partial charge < -0.3 is 9.30 Å². The molecule has 0 aliphatic heterocycles. The van der Waals surface area contributed by atoms with Crippen LogP contribution in [0.4, 0.5) is 0 Å². The molecule has 1 aromatic heterocycles. The van der Waals surface area contributed by atoms with Gasteiger partial charge in [-0.25, -0.2) is 0 Å². The van der Waals surface area contributed by atoms with Crippen molar-refractivity contribution in [2.75, 3.05) is 13.7 Å². The van der Waals surface area contributed by atoms with Crippen LogP contribution in [-0.2, 0) is 11.3 Å². The molecule has 13 heavy (non-hydrogen) atoms. The van der Waals surface area contributed by atoms with Crippen molar-refractivity contribution in [1.82, 2.24) is 4.57 Å². The SMILES string of the molecule is COCCn1c(C)c(Br)ccc1=O. The van der Waals surface area contributed by atoms with Gasteiger partial charge in [0.15, 0.2) is 0 Å². The summed E-state index contributed by atoms with van der Waals surface area (Å²) in [5.74, 6) is 0. The Balaban J connectivity index is 3.03. The Kier molecular flexibility index (Phi) is 3.69. The largest absolute Gasteiger partial charge is 0.383 e. The second-order valence-corrected chi connectivity index (χ2v) is 3.60. The number of hydrogen-bond acceptors (Lipinski definition) is 2. The number of rotatable bonds is 3. The summed E-state index contributed by atoms with van der Waals surface area (Å²) < 4.78 is 7.56. The fourth-order valence-corrected chi connectivity index (χ4v) is 1.46. The molecule has 0 bridgehead atoms. The van der Waals surface area contributed by atoms with E-state index in [1.165, 1.54) is 0 Å². The van der Waals surface area contributed by atoms with E-state index in [0.29, 0.717) is 13.2 Å². The summed E-state index contributed by atoms with van der Waals surface area (Å²) in [6.45, 7) is 3.05. The van der Waals surface area contributed by atoms with Crippen LogP contribution in [0.25, 0.3) is 0 Å². The van der Waals surface area contributed by atoms with Gasteiger partial charge in [-0.15, -0.1) is 0 Å². The molecule has 4 heteroatoms. The van der Waals surface area contributed by atoms with E-state index in [2.05, 4.69) is 15.9 Å². The molecule has 0 unspecified atom stereocenters. The standard InChI is InChI=1S/C9H12BrNO2/c1-7-8(10)3-4-9(12)11(7)5-6-13-2/h3-4H,5-6H2,1-2H3. The third-order valence-electron chi connectivity index (χ3n) is 1.91. The zero-order chi connectivity index (χ0) is 9.84. The van der Waals surface area contributed by atoms with Crippen LogP contribution in [0, 0.1) is 6.92 Å². The lowest BCUT2D eigenvalue weighted by Gasteiger charge is -2.09. The first kappa shape index (κ1) is 10.5. The smallest absolute Gasteiger partial charge is 0.250 e. The minimum Gasteiger partial charge on any atom is -0.383 e. The quantitative estimate of drug-likeness (QED) is 0.810. The number of nitrogens with zero attached hydrogens (tertiary/aromatic N) is 1. The van der Waals surface area contributed by atoms with Crippen LogP contribution in [0.3, 0.4) is 0 Å². The molecular formula is C9H12BrNO2. The first-order valence-corrected chi connectivity index (χ1v) is 4.81. The number of methoxy groups -OCH3 is 1. The van der Waals surface area contributed by atoms with E-state index in [1.54, 1.807) is 23.8 Å². The Labute approximate surface area is 85.5 Å². The van der Waals surface area contributed by atoms with E-state index in [0.717, 1.165) is 10.2 Å². The van der Waals surface area contributed by atoms with Gasteiger partial charge in [-0.3, -0.25) is 4.79 Å². The monoisotopic (exact) mass is 245 g/mol. The summed E-state index contributed by atoms with van der Waals surface area (Å²) in [6.07, 6.45) is 0. The molecule has 0 fully saturated rings. The molecule has 0 spiro atoms. The van der Waals surface area contributed by atoms with E-state index in [9.17, 15) is 4.79 Å². The lowest BCUT2D eigenvalue weighted by Crippen LogP contribution is -2.23. The Morgan fingerprint density at radius 1 is 1.54 bits per heavy atom. The van der Waals surface area contributed by atoms with Crippen LogP contribution in [0.1, 0.15) is 5.69 Å². The summed E-state index contributed by atoms with van der Waals surface area (Å²) in [4.78, 5) is 11.4. The Morgan fingerprint density at radius 3 is 2.85 bits per heavy atom. The van der Waals surface area contributed by atoms with Crippen molar-refractivity contribution in [1.29, 1.82) is 0 Å². The van der Waals surface area contributed by atoms with Gasteiger partial charge in [0.25, 0.3) is 5.56 Å². The van der Waals surface area contributed by atoms with Gasteiger partial charge in [0.1, 0.15) is 0 Å². The first-order chi connectivity index (χ1) is 6.16. The van der Waals surface area contributed by atoms with Crippen molar-refractivity contribution in [2.24, 2.45) is 0 Å². The highest BCUT2D eigenvalue weighted by atomic mass is 79.9. The van der Waals surface area contributed by atoms with Gasteiger partial charge in [0, 0.05) is 29.9 Å². The van der Waals surface area contributed by atoms with Crippen LogP contribution < -0.4 is 5.56 Å². The lowest BCUT2D eigenvalue weighted by molar-refractivity contribution is 0.185. The van der Waals surface area contributed by atoms with Gasteiger partial charge in [0.05, 0.1) is 6.61 Å². The molecule has 1 heterocycles. The molecule has 0 N–H and O–H groups in total. The van der Waals surface area contributed by atoms with Gasteiger partial charge in [0.2, 0.25) is 0 Å². The van der Waals surface area contributed by atoms with Crippen LogP contribution in [-0.4, -0.2) is 18.3 Å². The molecule has 0 aliphatic carbocycles. The van der Waals surface area contributed by atoms with Crippen LogP contribution >= 0.6 is 15.9 Å². The molecule has 0 atom stereocenters. The highest BCUT2D eigenvalue weighted by Gasteiger charge is 2.02. The van der Waals surface area contributed by atoms with E-state index in [1.807, 2.05) is 6.92 Å². The number of halogens is 1. The minimum atomic E-state index is 0.0118. The number of pyridine rings is 1. The van der Waals surface area contributed by atoms with Crippen LogP contribution in [0.2, 0.25) is 0 Å². The molecule has 0 saturated heterocycles. The second-order valence-electron chi connectivity index (χ2n) is 2.75. The predicted molar refractivity (Wildman–Crippen MR) is 55.0 cm³/mol. The molecule has 0 radical (unpaired) electrons. The van der Waals surface area contributed by atoms with Gasteiger partial charge in [-0.1, -0.05) is 0 Å². The van der Waals surface area contributed by atoms with Crippen molar-refractivity contribution in [3.63, 3.8) is 0 Å². The maximum absolute atomic E-state index is 11.4. The maximum atomic E-state index is 11.4. The Hall–Kier alpha value is -0.610. The van der Waals surface area contributed by atoms with Crippen molar-refractivity contribution in [3.8, 4) is 0 Å². The molecule has 72 valence electrons. The molecule has 0 aromatic carbocycles. The molecule has 1 rings (SSSR count). The van der Waals surface area contributed by atoms with Crippen molar-refractivity contribution in [2.45, 2.75) is 13.5 Å². The van der Waals surface area contributed by atoms with Gasteiger partial charge in [-0.05, 0) is 28.9 Å². The average Bonchev–Trinajstić information content (AvgIpc) is 2.12. The lowest BCUT2D eigenvalue weighted by atomic mass is 10.3. The Morgan fingerprint density at radius 2 is 2.23 bits per heavy atom. The summed E-state index contributed by atoms with van der Waals surface area (Å²) in [6, 6.07) is 3.31.